The van der Waals surface area contributed by atoms with Gasteiger partial charge in [-0.2, -0.15) is 0 Å². The third-order valence-corrected chi connectivity index (χ3v) is 6.67. The number of benzene rings is 2. The number of aromatic nitrogens is 2. The SMILES string of the molecule is Clc1ccc(-c2nc(CSc3nc4ccccc4s3)cs2)cc1. The zero-order valence-electron chi connectivity index (χ0n) is 11.9. The lowest BCUT2D eigenvalue weighted by Gasteiger charge is -1.96. The number of rotatable bonds is 4. The minimum absolute atomic E-state index is 0.747. The topological polar surface area (TPSA) is 25.8 Å². The van der Waals surface area contributed by atoms with Crippen molar-refractivity contribution in [3.05, 3.63) is 64.6 Å². The second-order valence-electron chi connectivity index (χ2n) is 4.89. The fraction of sp³-hybridized carbons (Fsp3) is 0.0588. The van der Waals surface area contributed by atoms with Gasteiger partial charge < -0.3 is 0 Å². The lowest BCUT2D eigenvalue weighted by molar-refractivity contribution is 1.22. The molecule has 0 atom stereocenters. The maximum atomic E-state index is 5.93. The maximum absolute atomic E-state index is 5.93. The molecule has 114 valence electrons. The summed E-state index contributed by atoms with van der Waals surface area (Å²) in [6, 6.07) is 16.0. The number of nitrogens with zero attached hydrogens (tertiary/aromatic N) is 2. The molecule has 0 aliphatic carbocycles. The molecule has 0 saturated carbocycles. The largest absolute Gasteiger partial charge is 0.240 e. The van der Waals surface area contributed by atoms with Gasteiger partial charge in [-0.3, -0.25) is 0 Å². The Kier molecular flexibility index (Phi) is 4.35. The van der Waals surface area contributed by atoms with E-state index in [2.05, 4.69) is 22.5 Å². The van der Waals surface area contributed by atoms with Crippen molar-refractivity contribution in [1.29, 1.82) is 0 Å². The van der Waals surface area contributed by atoms with Crippen LogP contribution >= 0.6 is 46.0 Å². The van der Waals surface area contributed by atoms with E-state index in [-0.39, 0.29) is 0 Å². The number of hydrogen-bond donors (Lipinski definition) is 0. The number of hydrogen-bond acceptors (Lipinski definition) is 5. The van der Waals surface area contributed by atoms with Crippen LogP contribution in [0, 0.1) is 0 Å². The van der Waals surface area contributed by atoms with Gasteiger partial charge in [-0.15, -0.1) is 22.7 Å². The van der Waals surface area contributed by atoms with Crippen LogP contribution in [0.5, 0.6) is 0 Å². The summed E-state index contributed by atoms with van der Waals surface area (Å²) in [5.41, 5.74) is 3.26. The predicted octanol–water partition coefficient (Wildman–Crippen LogP) is 6.37. The van der Waals surface area contributed by atoms with Crippen LogP contribution in [0.2, 0.25) is 5.02 Å². The van der Waals surface area contributed by atoms with E-state index in [0.717, 1.165) is 36.9 Å². The molecule has 4 aromatic rings. The molecule has 0 radical (unpaired) electrons. The second kappa shape index (κ2) is 6.61. The van der Waals surface area contributed by atoms with E-state index < -0.39 is 0 Å². The zero-order chi connectivity index (χ0) is 15.6. The van der Waals surface area contributed by atoms with Gasteiger partial charge in [0.05, 0.1) is 15.9 Å². The number of thiazole rings is 2. The van der Waals surface area contributed by atoms with Gasteiger partial charge in [0, 0.05) is 21.7 Å². The summed E-state index contributed by atoms with van der Waals surface area (Å²) >= 11 is 11.1. The summed E-state index contributed by atoms with van der Waals surface area (Å²) in [7, 11) is 0. The van der Waals surface area contributed by atoms with Gasteiger partial charge in [0.25, 0.3) is 0 Å². The van der Waals surface area contributed by atoms with Crippen molar-refractivity contribution in [2.45, 2.75) is 10.1 Å². The zero-order valence-corrected chi connectivity index (χ0v) is 15.1. The molecule has 0 N–H and O–H groups in total. The van der Waals surface area contributed by atoms with Gasteiger partial charge in [-0.1, -0.05) is 47.6 Å². The monoisotopic (exact) mass is 374 g/mol. The number of thioether (sulfide) groups is 1. The third kappa shape index (κ3) is 3.43. The van der Waals surface area contributed by atoms with Crippen LogP contribution in [0.1, 0.15) is 5.69 Å². The summed E-state index contributed by atoms with van der Waals surface area (Å²) in [5, 5.41) is 3.89. The van der Waals surface area contributed by atoms with E-state index in [0.29, 0.717) is 0 Å². The molecule has 23 heavy (non-hydrogen) atoms. The molecule has 2 aromatic carbocycles. The van der Waals surface area contributed by atoms with Crippen LogP contribution in [0.4, 0.5) is 0 Å². The van der Waals surface area contributed by atoms with Crippen molar-refractivity contribution in [1.82, 2.24) is 9.97 Å². The number of halogens is 1. The van der Waals surface area contributed by atoms with Gasteiger partial charge in [0.2, 0.25) is 0 Å². The average Bonchev–Trinajstić information content (AvgIpc) is 3.20. The van der Waals surface area contributed by atoms with Gasteiger partial charge >= 0.3 is 0 Å². The molecule has 6 heteroatoms. The van der Waals surface area contributed by atoms with Gasteiger partial charge in [0.15, 0.2) is 4.34 Å². The normalized spacial score (nSPS) is 11.2. The maximum Gasteiger partial charge on any atom is 0.151 e. The van der Waals surface area contributed by atoms with Crippen LogP contribution in [0.25, 0.3) is 20.8 Å². The summed E-state index contributed by atoms with van der Waals surface area (Å²) in [6.45, 7) is 0. The standard InChI is InChI=1S/C17H11ClN2S3/c18-12-7-5-11(6-8-12)16-19-13(9-21-16)10-22-17-20-14-3-1-2-4-15(14)23-17/h1-9H,10H2. The fourth-order valence-electron chi connectivity index (χ4n) is 2.15. The number of para-hydroxylation sites is 1. The van der Waals surface area contributed by atoms with Crippen molar-refractivity contribution in [3.63, 3.8) is 0 Å². The first kappa shape index (κ1) is 15.1. The Labute approximate surface area is 151 Å². The Morgan fingerprint density at radius 1 is 1.00 bits per heavy atom. The molecule has 0 bridgehead atoms. The van der Waals surface area contributed by atoms with Crippen molar-refractivity contribution < 1.29 is 0 Å². The van der Waals surface area contributed by atoms with Crippen molar-refractivity contribution in [2.75, 3.05) is 0 Å². The van der Waals surface area contributed by atoms with E-state index in [9.17, 15) is 0 Å². The highest BCUT2D eigenvalue weighted by molar-refractivity contribution is 8.00. The van der Waals surface area contributed by atoms with Gasteiger partial charge in [-0.25, -0.2) is 9.97 Å². The van der Waals surface area contributed by atoms with Crippen molar-refractivity contribution in [3.8, 4) is 10.6 Å². The van der Waals surface area contributed by atoms with Gasteiger partial charge in [-0.05, 0) is 24.3 Å². The highest BCUT2D eigenvalue weighted by Crippen LogP contribution is 2.32. The quantitative estimate of drug-likeness (QED) is 0.388. The fourth-order valence-corrected chi connectivity index (χ4v) is 5.17. The molecule has 0 fully saturated rings. The molecule has 0 unspecified atom stereocenters. The second-order valence-corrected chi connectivity index (χ2v) is 8.43. The van der Waals surface area contributed by atoms with Crippen molar-refractivity contribution in [2.24, 2.45) is 0 Å². The van der Waals surface area contributed by atoms with Crippen LogP contribution < -0.4 is 0 Å². The highest BCUT2D eigenvalue weighted by atomic mass is 35.5. The molecule has 4 rings (SSSR count). The highest BCUT2D eigenvalue weighted by Gasteiger charge is 2.08. The Morgan fingerprint density at radius 3 is 2.65 bits per heavy atom. The molecular formula is C17H11ClN2S3. The Bertz CT molecular complexity index is 911. The first-order valence-corrected chi connectivity index (χ1v) is 10.0. The molecule has 0 aliphatic rings. The smallest absolute Gasteiger partial charge is 0.151 e. The Balaban J connectivity index is 1.48. The average molecular weight is 375 g/mol. The number of fused-ring (bicyclic) bond motifs is 1. The van der Waals surface area contributed by atoms with E-state index >= 15 is 0 Å². The molecule has 0 aliphatic heterocycles. The molecule has 0 saturated heterocycles. The summed E-state index contributed by atoms with van der Waals surface area (Å²) < 4.78 is 2.32. The van der Waals surface area contributed by atoms with E-state index in [1.165, 1.54) is 4.70 Å². The molecule has 0 amide bonds. The molecule has 2 heterocycles. The Hall–Kier alpha value is -1.40. The predicted molar refractivity (Wildman–Crippen MR) is 102 cm³/mol. The van der Waals surface area contributed by atoms with E-state index in [1.807, 2.05) is 36.4 Å². The minimum atomic E-state index is 0.747. The first-order chi connectivity index (χ1) is 11.3. The van der Waals surface area contributed by atoms with Crippen LogP contribution in [-0.4, -0.2) is 9.97 Å². The third-order valence-electron chi connectivity index (χ3n) is 3.26. The van der Waals surface area contributed by atoms with E-state index in [1.54, 1.807) is 34.4 Å². The minimum Gasteiger partial charge on any atom is -0.240 e. The van der Waals surface area contributed by atoms with Crippen LogP contribution in [0.3, 0.4) is 0 Å². The molecule has 2 aromatic heterocycles. The first-order valence-electron chi connectivity index (χ1n) is 6.97. The molecular weight excluding hydrogens is 364 g/mol. The summed E-state index contributed by atoms with van der Waals surface area (Å²) in [6.07, 6.45) is 0. The van der Waals surface area contributed by atoms with Gasteiger partial charge in [0.1, 0.15) is 5.01 Å². The van der Waals surface area contributed by atoms with Crippen LogP contribution in [0.15, 0.2) is 58.3 Å². The molecule has 2 nitrogen and oxygen atoms in total. The molecule has 0 spiro atoms. The lowest BCUT2D eigenvalue weighted by Crippen LogP contribution is -1.81. The Morgan fingerprint density at radius 2 is 1.83 bits per heavy atom. The van der Waals surface area contributed by atoms with Crippen LogP contribution in [-0.2, 0) is 5.75 Å². The summed E-state index contributed by atoms with van der Waals surface area (Å²) in [5.74, 6) is 0.837. The lowest BCUT2D eigenvalue weighted by atomic mass is 10.2. The van der Waals surface area contributed by atoms with Crippen molar-refractivity contribution >= 4 is 56.3 Å². The summed E-state index contributed by atoms with van der Waals surface area (Å²) in [4.78, 5) is 9.36. The van der Waals surface area contributed by atoms with E-state index in [4.69, 9.17) is 16.6 Å².